The highest BCUT2D eigenvalue weighted by Crippen LogP contribution is 2.20. The zero-order valence-electron chi connectivity index (χ0n) is 14.6. The third-order valence-electron chi connectivity index (χ3n) is 4.71. The quantitative estimate of drug-likeness (QED) is 0.841. The van der Waals surface area contributed by atoms with E-state index in [1.807, 2.05) is 17.9 Å². The number of carbonyl (C=O) groups excluding carboxylic acids is 2. The highest BCUT2D eigenvalue weighted by molar-refractivity contribution is 5.97. The van der Waals surface area contributed by atoms with Crippen molar-refractivity contribution in [3.63, 3.8) is 0 Å². The van der Waals surface area contributed by atoms with Crippen molar-refractivity contribution in [2.24, 2.45) is 11.8 Å². The molecule has 2 rings (SSSR count). The number of piperidine rings is 1. The molecule has 1 aromatic rings. The third kappa shape index (κ3) is 4.81. The molecule has 5 heteroatoms. The number of likely N-dealkylation sites (tertiary alicyclic amines) is 1. The van der Waals surface area contributed by atoms with E-state index >= 15 is 0 Å². The van der Waals surface area contributed by atoms with Crippen molar-refractivity contribution in [3.8, 4) is 0 Å². The molecule has 2 amide bonds. The minimum Gasteiger partial charge on any atom is -0.396 e. The highest BCUT2D eigenvalue weighted by Gasteiger charge is 2.23. The van der Waals surface area contributed by atoms with Gasteiger partial charge in [-0.05, 0) is 43.4 Å². The van der Waals surface area contributed by atoms with Gasteiger partial charge < -0.3 is 15.3 Å². The summed E-state index contributed by atoms with van der Waals surface area (Å²) in [5.41, 5.74) is 1.26. The summed E-state index contributed by atoms with van der Waals surface area (Å²) in [6.07, 6.45) is 3.50. The van der Waals surface area contributed by atoms with E-state index in [4.69, 9.17) is 0 Å². The van der Waals surface area contributed by atoms with E-state index in [0.717, 1.165) is 25.7 Å². The fourth-order valence-electron chi connectivity index (χ4n) is 3.06. The van der Waals surface area contributed by atoms with E-state index in [2.05, 4.69) is 12.2 Å². The number of hydrogen-bond donors (Lipinski definition) is 2. The van der Waals surface area contributed by atoms with Gasteiger partial charge in [0.2, 0.25) is 5.91 Å². The van der Waals surface area contributed by atoms with Crippen molar-refractivity contribution in [1.29, 1.82) is 0 Å². The first-order valence-electron chi connectivity index (χ1n) is 8.86. The molecule has 1 unspecified atom stereocenters. The van der Waals surface area contributed by atoms with Crippen molar-refractivity contribution in [2.75, 3.05) is 25.0 Å². The molecular formula is C19H28N2O3. The van der Waals surface area contributed by atoms with Gasteiger partial charge in [-0.2, -0.15) is 0 Å². The number of nitrogens with one attached hydrogen (secondary N) is 1. The largest absolute Gasteiger partial charge is 0.396 e. The van der Waals surface area contributed by atoms with Gasteiger partial charge in [-0.25, -0.2) is 0 Å². The van der Waals surface area contributed by atoms with E-state index in [0.29, 0.717) is 30.3 Å². The van der Waals surface area contributed by atoms with Gasteiger partial charge in [0.05, 0.1) is 0 Å². The molecule has 0 aromatic heterocycles. The maximum Gasteiger partial charge on any atom is 0.253 e. The van der Waals surface area contributed by atoms with Crippen LogP contribution in [0.15, 0.2) is 24.3 Å². The van der Waals surface area contributed by atoms with Crippen molar-refractivity contribution in [3.05, 3.63) is 29.8 Å². The minimum atomic E-state index is -0.0353. The van der Waals surface area contributed by atoms with Crippen LogP contribution in [0.4, 0.5) is 5.69 Å². The standard InChI is InChI=1S/C19H28N2O3/c1-3-5-14(2)18(23)20-17-7-4-6-16(12-17)19(24)21-10-8-15(13-22)9-11-21/h4,6-7,12,14-15,22H,3,5,8-11,13H2,1-2H3,(H,20,23). The fraction of sp³-hybridized carbons (Fsp3) is 0.579. The van der Waals surface area contributed by atoms with Crippen LogP contribution in [0.5, 0.6) is 0 Å². The molecule has 2 N–H and O–H groups in total. The lowest BCUT2D eigenvalue weighted by Gasteiger charge is -2.31. The average Bonchev–Trinajstić information content (AvgIpc) is 2.61. The first kappa shape index (κ1) is 18.5. The smallest absolute Gasteiger partial charge is 0.253 e. The first-order chi connectivity index (χ1) is 11.5. The van der Waals surface area contributed by atoms with Crippen molar-refractivity contribution in [2.45, 2.75) is 39.5 Å². The lowest BCUT2D eigenvalue weighted by atomic mass is 9.97. The molecule has 0 radical (unpaired) electrons. The molecule has 132 valence electrons. The second-order valence-electron chi connectivity index (χ2n) is 6.68. The van der Waals surface area contributed by atoms with E-state index in [-0.39, 0.29) is 24.3 Å². The Balaban J connectivity index is 1.99. The molecule has 1 atom stereocenters. The topological polar surface area (TPSA) is 69.6 Å². The second-order valence-corrected chi connectivity index (χ2v) is 6.68. The Morgan fingerprint density at radius 3 is 2.67 bits per heavy atom. The summed E-state index contributed by atoms with van der Waals surface area (Å²) in [6.45, 7) is 5.52. The van der Waals surface area contributed by atoms with Gasteiger partial charge in [0, 0.05) is 36.9 Å². The fourth-order valence-corrected chi connectivity index (χ4v) is 3.06. The van der Waals surface area contributed by atoms with Gasteiger partial charge in [-0.1, -0.05) is 26.3 Å². The number of nitrogens with zero attached hydrogens (tertiary/aromatic N) is 1. The van der Waals surface area contributed by atoms with E-state index < -0.39 is 0 Å². The van der Waals surface area contributed by atoms with Crippen LogP contribution in [-0.2, 0) is 4.79 Å². The molecule has 1 saturated heterocycles. The predicted octanol–water partition coefficient (Wildman–Crippen LogP) is 2.91. The van der Waals surface area contributed by atoms with Crippen molar-refractivity contribution in [1.82, 2.24) is 4.90 Å². The maximum atomic E-state index is 12.6. The second kappa shape index (κ2) is 8.83. The van der Waals surface area contributed by atoms with Gasteiger partial charge >= 0.3 is 0 Å². The van der Waals surface area contributed by atoms with Crippen LogP contribution in [-0.4, -0.2) is 41.5 Å². The Hall–Kier alpha value is -1.88. The van der Waals surface area contributed by atoms with Gasteiger partial charge in [0.25, 0.3) is 5.91 Å². The molecule has 1 aromatic carbocycles. The third-order valence-corrected chi connectivity index (χ3v) is 4.71. The summed E-state index contributed by atoms with van der Waals surface area (Å²) >= 11 is 0. The van der Waals surface area contributed by atoms with E-state index in [1.54, 1.807) is 18.2 Å². The summed E-state index contributed by atoms with van der Waals surface area (Å²) in [6, 6.07) is 7.14. The average molecular weight is 332 g/mol. The number of aliphatic hydroxyl groups excluding tert-OH is 1. The van der Waals surface area contributed by atoms with Crippen LogP contribution in [0.3, 0.4) is 0 Å². The minimum absolute atomic E-state index is 0.00907. The monoisotopic (exact) mass is 332 g/mol. The van der Waals surface area contributed by atoms with Gasteiger partial charge in [-0.3, -0.25) is 9.59 Å². The van der Waals surface area contributed by atoms with Crippen LogP contribution in [0, 0.1) is 11.8 Å². The Kier molecular flexibility index (Phi) is 6.79. The van der Waals surface area contributed by atoms with Crippen LogP contribution < -0.4 is 5.32 Å². The molecule has 24 heavy (non-hydrogen) atoms. The molecule has 0 bridgehead atoms. The highest BCUT2D eigenvalue weighted by atomic mass is 16.3. The van der Waals surface area contributed by atoms with Crippen LogP contribution >= 0.6 is 0 Å². The Labute approximate surface area is 144 Å². The molecule has 1 heterocycles. The Morgan fingerprint density at radius 1 is 1.33 bits per heavy atom. The molecule has 0 spiro atoms. The molecular weight excluding hydrogens is 304 g/mol. The Morgan fingerprint density at radius 2 is 2.04 bits per heavy atom. The van der Waals surface area contributed by atoms with Gasteiger partial charge in [-0.15, -0.1) is 0 Å². The molecule has 0 saturated carbocycles. The van der Waals surface area contributed by atoms with Crippen molar-refractivity contribution < 1.29 is 14.7 Å². The predicted molar refractivity (Wildman–Crippen MR) is 94.9 cm³/mol. The lowest BCUT2D eigenvalue weighted by molar-refractivity contribution is -0.119. The van der Waals surface area contributed by atoms with Crippen LogP contribution in [0.1, 0.15) is 49.9 Å². The molecule has 1 aliphatic rings. The summed E-state index contributed by atoms with van der Waals surface area (Å²) in [5.74, 6) is 0.251. The Bertz CT molecular complexity index is 565. The number of aliphatic hydroxyl groups is 1. The number of carbonyl (C=O) groups is 2. The molecule has 1 aliphatic heterocycles. The van der Waals surface area contributed by atoms with E-state index in [9.17, 15) is 14.7 Å². The zero-order chi connectivity index (χ0) is 17.5. The number of benzene rings is 1. The SMILES string of the molecule is CCCC(C)C(=O)Nc1cccc(C(=O)N2CCC(CO)CC2)c1. The summed E-state index contributed by atoms with van der Waals surface area (Å²) < 4.78 is 0. The lowest BCUT2D eigenvalue weighted by Crippen LogP contribution is -2.39. The van der Waals surface area contributed by atoms with Gasteiger partial charge in [0.1, 0.15) is 0 Å². The van der Waals surface area contributed by atoms with E-state index in [1.165, 1.54) is 0 Å². The maximum absolute atomic E-state index is 12.6. The number of hydrogen-bond acceptors (Lipinski definition) is 3. The summed E-state index contributed by atoms with van der Waals surface area (Å²) in [4.78, 5) is 26.6. The van der Waals surface area contributed by atoms with Gasteiger partial charge in [0.15, 0.2) is 0 Å². The number of anilines is 1. The summed E-state index contributed by atoms with van der Waals surface area (Å²) in [5, 5.41) is 12.1. The first-order valence-corrected chi connectivity index (χ1v) is 8.86. The summed E-state index contributed by atoms with van der Waals surface area (Å²) in [7, 11) is 0. The molecule has 5 nitrogen and oxygen atoms in total. The number of rotatable bonds is 6. The molecule has 0 aliphatic carbocycles. The van der Waals surface area contributed by atoms with Crippen LogP contribution in [0.2, 0.25) is 0 Å². The number of amides is 2. The van der Waals surface area contributed by atoms with Crippen molar-refractivity contribution >= 4 is 17.5 Å². The normalized spacial score (nSPS) is 16.7. The molecule has 1 fully saturated rings. The van der Waals surface area contributed by atoms with Crippen LogP contribution in [0.25, 0.3) is 0 Å². The zero-order valence-corrected chi connectivity index (χ0v) is 14.6.